The molecule has 27 heavy (non-hydrogen) atoms. The second-order valence-corrected chi connectivity index (χ2v) is 6.49. The SMILES string of the molecule is CCNC(=NCc1ccc(F)cc1)NCCc1nnc2n1CCCCC2.I. The van der Waals surface area contributed by atoms with E-state index in [1.807, 2.05) is 6.92 Å². The van der Waals surface area contributed by atoms with Gasteiger partial charge in [-0.3, -0.25) is 0 Å². The van der Waals surface area contributed by atoms with Crippen LogP contribution in [-0.2, 0) is 25.9 Å². The lowest BCUT2D eigenvalue weighted by molar-refractivity contribution is 0.600. The minimum Gasteiger partial charge on any atom is -0.357 e. The number of nitrogens with one attached hydrogen (secondary N) is 2. The number of nitrogens with zero attached hydrogens (tertiary/aromatic N) is 4. The Hall–Kier alpha value is -1.71. The van der Waals surface area contributed by atoms with Gasteiger partial charge in [-0.1, -0.05) is 18.6 Å². The maximum atomic E-state index is 13.0. The Balaban J connectivity index is 0.00000261. The first-order valence-corrected chi connectivity index (χ1v) is 9.44. The van der Waals surface area contributed by atoms with Gasteiger partial charge in [-0.05, 0) is 37.5 Å². The fraction of sp³-hybridized carbons (Fsp3) is 0.526. The molecule has 1 aliphatic heterocycles. The number of halogens is 2. The number of rotatable bonds is 6. The molecule has 2 aromatic rings. The summed E-state index contributed by atoms with van der Waals surface area (Å²) in [5.41, 5.74) is 0.978. The quantitative estimate of drug-likeness (QED) is 0.374. The normalized spacial score (nSPS) is 14.1. The lowest BCUT2D eigenvalue weighted by Gasteiger charge is -2.12. The molecule has 1 aromatic heterocycles. The molecule has 6 nitrogen and oxygen atoms in total. The van der Waals surface area contributed by atoms with E-state index in [1.54, 1.807) is 12.1 Å². The van der Waals surface area contributed by atoms with Crippen molar-refractivity contribution in [3.05, 3.63) is 47.3 Å². The Kier molecular flexibility index (Phi) is 8.96. The van der Waals surface area contributed by atoms with E-state index in [0.717, 1.165) is 55.6 Å². The highest BCUT2D eigenvalue weighted by Crippen LogP contribution is 2.14. The Labute approximate surface area is 177 Å². The predicted octanol–water partition coefficient (Wildman–Crippen LogP) is 3.06. The number of aliphatic imine (C=N–C) groups is 1. The molecule has 0 unspecified atom stereocenters. The summed E-state index contributed by atoms with van der Waals surface area (Å²) in [6.45, 7) is 5.10. The van der Waals surface area contributed by atoms with Crippen LogP contribution in [0, 0.1) is 5.82 Å². The largest absolute Gasteiger partial charge is 0.357 e. The Bertz CT molecular complexity index is 728. The molecular weight excluding hydrogens is 458 g/mol. The first kappa shape index (κ1) is 21.6. The highest BCUT2D eigenvalue weighted by molar-refractivity contribution is 14.0. The summed E-state index contributed by atoms with van der Waals surface area (Å²) >= 11 is 0. The fourth-order valence-electron chi connectivity index (χ4n) is 3.12. The van der Waals surface area contributed by atoms with Crippen molar-refractivity contribution in [2.45, 2.75) is 52.1 Å². The van der Waals surface area contributed by atoms with Crippen molar-refractivity contribution in [1.82, 2.24) is 25.4 Å². The van der Waals surface area contributed by atoms with Gasteiger partial charge in [-0.15, -0.1) is 34.2 Å². The van der Waals surface area contributed by atoms with Gasteiger partial charge in [0.2, 0.25) is 0 Å². The molecule has 0 atom stereocenters. The van der Waals surface area contributed by atoms with Crippen molar-refractivity contribution in [2.24, 2.45) is 4.99 Å². The second-order valence-electron chi connectivity index (χ2n) is 6.49. The molecule has 148 valence electrons. The van der Waals surface area contributed by atoms with E-state index in [4.69, 9.17) is 0 Å². The molecule has 1 aromatic carbocycles. The molecule has 0 fully saturated rings. The topological polar surface area (TPSA) is 67.1 Å². The molecular formula is C19H28FIN6. The zero-order valence-electron chi connectivity index (χ0n) is 15.7. The Morgan fingerprint density at radius 3 is 2.74 bits per heavy atom. The van der Waals surface area contributed by atoms with E-state index >= 15 is 0 Å². The molecule has 3 rings (SSSR count). The van der Waals surface area contributed by atoms with Crippen LogP contribution in [0.25, 0.3) is 0 Å². The van der Waals surface area contributed by atoms with Crippen molar-refractivity contribution in [3.63, 3.8) is 0 Å². The average molecular weight is 486 g/mol. The minimum absolute atomic E-state index is 0. The number of aryl methyl sites for hydroxylation is 1. The highest BCUT2D eigenvalue weighted by atomic mass is 127. The zero-order chi connectivity index (χ0) is 18.2. The molecule has 2 N–H and O–H groups in total. The molecule has 2 heterocycles. The van der Waals surface area contributed by atoms with Gasteiger partial charge in [-0.25, -0.2) is 9.38 Å². The van der Waals surface area contributed by atoms with Crippen molar-refractivity contribution >= 4 is 29.9 Å². The molecule has 0 saturated heterocycles. The lowest BCUT2D eigenvalue weighted by atomic mass is 10.2. The lowest BCUT2D eigenvalue weighted by Crippen LogP contribution is -2.38. The molecule has 0 saturated carbocycles. The van der Waals surface area contributed by atoms with Gasteiger partial charge in [0.1, 0.15) is 17.5 Å². The van der Waals surface area contributed by atoms with Gasteiger partial charge in [0.25, 0.3) is 0 Å². The summed E-state index contributed by atoms with van der Waals surface area (Å²) in [6.07, 6.45) is 5.52. The Morgan fingerprint density at radius 2 is 1.96 bits per heavy atom. The van der Waals surface area contributed by atoms with Crippen molar-refractivity contribution in [1.29, 1.82) is 0 Å². The standard InChI is InChI=1S/C19H27FN6.HI/c1-2-21-19(23-14-15-7-9-16(20)10-8-15)22-12-11-18-25-24-17-6-4-3-5-13-26(17)18;/h7-10H,2-6,11-14H2,1H3,(H2,21,22,23);1H. The molecule has 0 amide bonds. The van der Waals surface area contributed by atoms with Gasteiger partial charge < -0.3 is 15.2 Å². The first-order chi connectivity index (χ1) is 12.8. The van der Waals surface area contributed by atoms with Crippen LogP contribution in [0.3, 0.4) is 0 Å². The number of aromatic nitrogens is 3. The fourth-order valence-corrected chi connectivity index (χ4v) is 3.12. The summed E-state index contributed by atoms with van der Waals surface area (Å²) in [4.78, 5) is 4.56. The Morgan fingerprint density at radius 1 is 1.15 bits per heavy atom. The molecule has 0 radical (unpaired) electrons. The highest BCUT2D eigenvalue weighted by Gasteiger charge is 2.14. The van der Waals surface area contributed by atoms with Crippen molar-refractivity contribution in [2.75, 3.05) is 13.1 Å². The summed E-state index contributed by atoms with van der Waals surface area (Å²) in [7, 11) is 0. The molecule has 0 spiro atoms. The van der Waals surface area contributed by atoms with Crippen LogP contribution >= 0.6 is 24.0 Å². The third kappa shape index (κ3) is 6.44. The third-order valence-corrected chi connectivity index (χ3v) is 4.50. The van der Waals surface area contributed by atoms with Gasteiger partial charge in [-0.2, -0.15) is 0 Å². The molecule has 1 aliphatic rings. The monoisotopic (exact) mass is 486 g/mol. The smallest absolute Gasteiger partial charge is 0.191 e. The number of benzene rings is 1. The van der Waals surface area contributed by atoms with E-state index in [0.29, 0.717) is 6.54 Å². The van der Waals surface area contributed by atoms with Gasteiger partial charge in [0, 0.05) is 32.5 Å². The van der Waals surface area contributed by atoms with Gasteiger partial charge in [0.05, 0.1) is 6.54 Å². The van der Waals surface area contributed by atoms with E-state index < -0.39 is 0 Å². The summed E-state index contributed by atoms with van der Waals surface area (Å²) in [5, 5.41) is 15.3. The van der Waals surface area contributed by atoms with E-state index in [-0.39, 0.29) is 29.8 Å². The van der Waals surface area contributed by atoms with E-state index in [2.05, 4.69) is 30.4 Å². The van der Waals surface area contributed by atoms with Crippen LogP contribution < -0.4 is 10.6 Å². The van der Waals surface area contributed by atoms with Crippen LogP contribution in [-0.4, -0.2) is 33.8 Å². The van der Waals surface area contributed by atoms with Gasteiger partial charge >= 0.3 is 0 Å². The summed E-state index contributed by atoms with van der Waals surface area (Å²) in [5.74, 6) is 2.70. The first-order valence-electron chi connectivity index (χ1n) is 9.44. The van der Waals surface area contributed by atoms with Crippen LogP contribution in [0.15, 0.2) is 29.3 Å². The van der Waals surface area contributed by atoms with Gasteiger partial charge in [0.15, 0.2) is 5.96 Å². The van der Waals surface area contributed by atoms with E-state index in [1.165, 1.54) is 31.4 Å². The van der Waals surface area contributed by atoms with Crippen LogP contribution in [0.1, 0.15) is 43.4 Å². The number of hydrogen-bond donors (Lipinski definition) is 2. The molecule has 0 aliphatic carbocycles. The minimum atomic E-state index is -0.227. The number of hydrogen-bond acceptors (Lipinski definition) is 3. The number of guanidine groups is 1. The van der Waals surface area contributed by atoms with Crippen LogP contribution in [0.5, 0.6) is 0 Å². The average Bonchev–Trinajstić information content (AvgIpc) is 2.87. The number of fused-ring (bicyclic) bond motifs is 1. The maximum Gasteiger partial charge on any atom is 0.191 e. The summed E-state index contributed by atoms with van der Waals surface area (Å²) < 4.78 is 15.3. The van der Waals surface area contributed by atoms with Crippen LogP contribution in [0.2, 0.25) is 0 Å². The van der Waals surface area contributed by atoms with Crippen molar-refractivity contribution in [3.8, 4) is 0 Å². The third-order valence-electron chi connectivity index (χ3n) is 4.50. The van der Waals surface area contributed by atoms with E-state index in [9.17, 15) is 4.39 Å². The zero-order valence-corrected chi connectivity index (χ0v) is 18.1. The summed E-state index contributed by atoms with van der Waals surface area (Å²) in [6, 6.07) is 6.44. The molecule has 0 bridgehead atoms. The van der Waals surface area contributed by atoms with Crippen LogP contribution in [0.4, 0.5) is 4.39 Å². The second kappa shape index (κ2) is 11.2. The predicted molar refractivity (Wildman–Crippen MR) is 116 cm³/mol. The van der Waals surface area contributed by atoms with Crippen molar-refractivity contribution < 1.29 is 4.39 Å². The maximum absolute atomic E-state index is 13.0. The molecule has 8 heteroatoms.